The summed E-state index contributed by atoms with van der Waals surface area (Å²) in [6.07, 6.45) is 4.96. The summed E-state index contributed by atoms with van der Waals surface area (Å²) < 4.78 is 13.1. The first kappa shape index (κ1) is 19.9. The zero-order valence-corrected chi connectivity index (χ0v) is 16.8. The smallest absolute Gasteiger partial charge is 0.251 e. The molecule has 0 aliphatic carbocycles. The number of amides is 3. The van der Waals surface area contributed by atoms with E-state index in [9.17, 15) is 18.8 Å². The van der Waals surface area contributed by atoms with Crippen LogP contribution in [-0.4, -0.2) is 58.7 Å². The Bertz CT molecular complexity index is 775. The molecule has 0 spiro atoms. The number of benzene rings is 1. The summed E-state index contributed by atoms with van der Waals surface area (Å²) in [6, 6.07) is 5.94. The van der Waals surface area contributed by atoms with Crippen LogP contribution in [0, 0.1) is 11.7 Å². The van der Waals surface area contributed by atoms with Gasteiger partial charge in [0.25, 0.3) is 5.91 Å². The van der Waals surface area contributed by atoms with Gasteiger partial charge in [-0.25, -0.2) is 4.39 Å². The van der Waals surface area contributed by atoms with Crippen molar-refractivity contribution < 1.29 is 18.8 Å². The van der Waals surface area contributed by atoms with Crippen LogP contribution in [0.25, 0.3) is 0 Å². The summed E-state index contributed by atoms with van der Waals surface area (Å²) in [5.41, 5.74) is 0.453. The zero-order chi connectivity index (χ0) is 20.5. The maximum atomic E-state index is 13.2. The average molecular weight is 401 g/mol. The molecule has 3 amide bonds. The molecule has 1 aromatic carbocycles. The summed E-state index contributed by atoms with van der Waals surface area (Å²) in [6.45, 7) is 2.89. The minimum atomic E-state index is -0.361. The summed E-state index contributed by atoms with van der Waals surface area (Å²) in [7, 11) is 0. The summed E-state index contributed by atoms with van der Waals surface area (Å²) >= 11 is 0. The van der Waals surface area contributed by atoms with Crippen molar-refractivity contribution in [2.75, 3.05) is 13.1 Å². The van der Waals surface area contributed by atoms with Gasteiger partial charge in [-0.05, 0) is 62.8 Å². The topological polar surface area (TPSA) is 69.7 Å². The molecule has 0 aromatic heterocycles. The largest absolute Gasteiger partial charge is 0.349 e. The molecule has 0 saturated carbocycles. The Labute approximate surface area is 170 Å². The summed E-state index contributed by atoms with van der Waals surface area (Å²) in [5.74, 6) is -0.247. The van der Waals surface area contributed by atoms with Gasteiger partial charge in [0.1, 0.15) is 5.82 Å². The lowest BCUT2D eigenvalue weighted by atomic mass is 9.91. The van der Waals surface area contributed by atoms with Crippen molar-refractivity contribution >= 4 is 17.7 Å². The molecular weight excluding hydrogens is 373 g/mol. The number of fused-ring (bicyclic) bond motifs is 2. The van der Waals surface area contributed by atoms with Crippen LogP contribution in [-0.2, 0) is 9.59 Å². The van der Waals surface area contributed by atoms with Crippen LogP contribution in [0.1, 0.15) is 55.8 Å². The summed E-state index contributed by atoms with van der Waals surface area (Å²) in [4.78, 5) is 41.0. The van der Waals surface area contributed by atoms with Gasteiger partial charge in [0, 0.05) is 49.6 Å². The van der Waals surface area contributed by atoms with Gasteiger partial charge in [-0.2, -0.15) is 0 Å². The molecule has 3 heterocycles. The minimum absolute atomic E-state index is 0.000874. The molecule has 1 N–H and O–H groups in total. The highest BCUT2D eigenvalue weighted by molar-refractivity contribution is 5.94. The normalized spacial score (nSPS) is 27.0. The molecule has 3 aliphatic heterocycles. The Kier molecular flexibility index (Phi) is 5.56. The van der Waals surface area contributed by atoms with E-state index in [4.69, 9.17) is 0 Å². The van der Waals surface area contributed by atoms with Crippen molar-refractivity contribution in [1.82, 2.24) is 15.1 Å². The number of piperidine rings is 2. The van der Waals surface area contributed by atoms with E-state index in [0.29, 0.717) is 18.7 Å². The average Bonchev–Trinajstić information content (AvgIpc) is 2.98. The van der Waals surface area contributed by atoms with Crippen molar-refractivity contribution in [3.8, 4) is 0 Å². The third kappa shape index (κ3) is 4.14. The fourth-order valence-electron chi connectivity index (χ4n) is 5.18. The molecule has 3 atom stereocenters. The number of rotatable bonds is 3. The van der Waals surface area contributed by atoms with Gasteiger partial charge in [0.2, 0.25) is 11.8 Å². The number of nitrogens with zero attached hydrogens (tertiary/aromatic N) is 2. The maximum Gasteiger partial charge on any atom is 0.251 e. The standard InChI is InChI=1S/C22H28FN3O3/c1-14(27)25-10-8-16(9-11-25)22(29)26-19-6-7-20(26)13-18(12-19)24-21(28)15-2-4-17(23)5-3-15/h2-5,16,18-20H,6-13H2,1H3,(H,24,28)/t18?,19-,20+. The highest BCUT2D eigenvalue weighted by Crippen LogP contribution is 2.38. The van der Waals surface area contributed by atoms with Crippen molar-refractivity contribution in [2.24, 2.45) is 5.92 Å². The van der Waals surface area contributed by atoms with Gasteiger partial charge in [0.15, 0.2) is 0 Å². The lowest BCUT2D eigenvalue weighted by molar-refractivity contribution is -0.144. The first-order valence-electron chi connectivity index (χ1n) is 10.6. The predicted molar refractivity (Wildman–Crippen MR) is 106 cm³/mol. The highest BCUT2D eigenvalue weighted by Gasteiger charge is 2.45. The Hall–Kier alpha value is -2.44. The lowest BCUT2D eigenvalue weighted by Crippen LogP contribution is -2.54. The van der Waals surface area contributed by atoms with Crippen molar-refractivity contribution in [3.63, 3.8) is 0 Å². The molecule has 3 fully saturated rings. The Balaban J connectivity index is 1.34. The van der Waals surface area contributed by atoms with Crippen LogP contribution in [0.4, 0.5) is 4.39 Å². The number of nitrogens with one attached hydrogen (secondary N) is 1. The first-order valence-corrected chi connectivity index (χ1v) is 10.6. The second kappa shape index (κ2) is 8.13. The number of carbonyl (C=O) groups excluding carboxylic acids is 3. The third-order valence-corrected chi connectivity index (χ3v) is 6.72. The molecular formula is C22H28FN3O3. The number of halogens is 1. The number of carbonyl (C=O) groups is 3. The van der Waals surface area contributed by atoms with Gasteiger partial charge in [-0.15, -0.1) is 0 Å². The highest BCUT2D eigenvalue weighted by atomic mass is 19.1. The number of hydrogen-bond acceptors (Lipinski definition) is 3. The van der Waals surface area contributed by atoms with Gasteiger partial charge >= 0.3 is 0 Å². The van der Waals surface area contributed by atoms with Crippen LogP contribution in [0.2, 0.25) is 0 Å². The van der Waals surface area contributed by atoms with Crippen molar-refractivity contribution in [1.29, 1.82) is 0 Å². The van der Waals surface area contributed by atoms with Crippen LogP contribution in [0.5, 0.6) is 0 Å². The van der Waals surface area contributed by atoms with Crippen LogP contribution in [0.3, 0.4) is 0 Å². The van der Waals surface area contributed by atoms with Crippen molar-refractivity contribution in [3.05, 3.63) is 35.6 Å². The SMILES string of the molecule is CC(=O)N1CCC(C(=O)N2[C@@H]3CC[C@H]2CC(NC(=O)c2ccc(F)cc2)C3)CC1. The molecule has 6 nitrogen and oxygen atoms in total. The van der Waals surface area contributed by atoms with E-state index in [-0.39, 0.29) is 47.6 Å². The molecule has 1 unspecified atom stereocenters. The Morgan fingerprint density at radius 3 is 2.10 bits per heavy atom. The number of likely N-dealkylation sites (tertiary alicyclic amines) is 1. The zero-order valence-electron chi connectivity index (χ0n) is 16.8. The lowest BCUT2D eigenvalue weighted by Gasteiger charge is -2.42. The summed E-state index contributed by atoms with van der Waals surface area (Å²) in [5, 5.41) is 3.07. The van der Waals surface area contributed by atoms with Gasteiger partial charge in [0.05, 0.1) is 0 Å². The molecule has 3 aliphatic rings. The third-order valence-electron chi connectivity index (χ3n) is 6.72. The molecule has 2 bridgehead atoms. The Morgan fingerprint density at radius 1 is 0.966 bits per heavy atom. The van der Waals surface area contributed by atoms with Gasteiger partial charge in [-0.1, -0.05) is 0 Å². The number of hydrogen-bond donors (Lipinski definition) is 1. The molecule has 0 radical (unpaired) electrons. The van der Waals surface area contributed by atoms with E-state index in [1.807, 2.05) is 4.90 Å². The van der Waals surface area contributed by atoms with E-state index >= 15 is 0 Å². The maximum absolute atomic E-state index is 13.2. The fourth-order valence-corrected chi connectivity index (χ4v) is 5.18. The van der Waals surface area contributed by atoms with Gasteiger partial charge < -0.3 is 15.1 Å². The fraction of sp³-hybridized carbons (Fsp3) is 0.591. The second-order valence-corrected chi connectivity index (χ2v) is 8.56. The van der Waals surface area contributed by atoms with Crippen molar-refractivity contribution in [2.45, 2.75) is 63.6 Å². The quantitative estimate of drug-likeness (QED) is 0.845. The first-order chi connectivity index (χ1) is 13.9. The van der Waals surface area contributed by atoms with Crippen LogP contribution < -0.4 is 5.32 Å². The van der Waals surface area contributed by atoms with E-state index in [0.717, 1.165) is 38.5 Å². The van der Waals surface area contributed by atoms with Gasteiger partial charge in [-0.3, -0.25) is 14.4 Å². The minimum Gasteiger partial charge on any atom is -0.349 e. The Morgan fingerprint density at radius 2 is 1.55 bits per heavy atom. The van der Waals surface area contributed by atoms with Crippen LogP contribution >= 0.6 is 0 Å². The van der Waals surface area contributed by atoms with E-state index in [1.54, 1.807) is 6.92 Å². The monoisotopic (exact) mass is 401 g/mol. The van der Waals surface area contributed by atoms with E-state index in [1.165, 1.54) is 24.3 Å². The molecule has 156 valence electrons. The molecule has 1 aromatic rings. The molecule has 29 heavy (non-hydrogen) atoms. The molecule has 4 rings (SSSR count). The predicted octanol–water partition coefficient (Wildman–Crippen LogP) is 2.34. The van der Waals surface area contributed by atoms with Crippen LogP contribution in [0.15, 0.2) is 24.3 Å². The van der Waals surface area contributed by atoms with E-state index < -0.39 is 0 Å². The van der Waals surface area contributed by atoms with E-state index in [2.05, 4.69) is 10.2 Å². The molecule has 3 saturated heterocycles. The second-order valence-electron chi connectivity index (χ2n) is 8.56. The molecule has 7 heteroatoms.